The minimum Gasteiger partial charge on any atom is -0.332 e. The summed E-state index contributed by atoms with van der Waals surface area (Å²) in [4.78, 5) is 4.59. The number of hydrogen-bond acceptors (Lipinski definition) is 3. The molecule has 1 N–H and O–H groups in total. The monoisotopic (exact) mass is 312 g/mol. The first-order valence-corrected chi connectivity index (χ1v) is 8.08. The Balaban J connectivity index is 1.77. The molecular formula is C18H17FN2S. The lowest BCUT2D eigenvalue weighted by Crippen LogP contribution is -1.90. The van der Waals surface area contributed by atoms with Gasteiger partial charge in [-0.3, -0.25) is 0 Å². The first-order chi connectivity index (χ1) is 10.6. The van der Waals surface area contributed by atoms with Crippen LogP contribution in [-0.4, -0.2) is 4.98 Å². The maximum Gasteiger partial charge on any atom is 0.187 e. The molecule has 2 aromatic carbocycles. The van der Waals surface area contributed by atoms with Crippen LogP contribution in [0.15, 0.2) is 53.9 Å². The second-order valence-electron chi connectivity index (χ2n) is 5.45. The summed E-state index contributed by atoms with van der Waals surface area (Å²) in [7, 11) is 0. The molecule has 1 heterocycles. The van der Waals surface area contributed by atoms with Crippen molar-refractivity contribution >= 4 is 22.2 Å². The lowest BCUT2D eigenvalue weighted by atomic mass is 10.0. The molecule has 0 aliphatic heterocycles. The second-order valence-corrected chi connectivity index (χ2v) is 6.30. The molecule has 0 saturated carbocycles. The van der Waals surface area contributed by atoms with Crippen LogP contribution in [-0.2, 0) is 0 Å². The van der Waals surface area contributed by atoms with E-state index in [-0.39, 0.29) is 5.82 Å². The lowest BCUT2D eigenvalue weighted by Gasteiger charge is -2.05. The molecule has 1 aromatic heterocycles. The van der Waals surface area contributed by atoms with Crippen molar-refractivity contribution in [2.24, 2.45) is 0 Å². The minimum atomic E-state index is -0.240. The molecule has 0 atom stereocenters. The van der Waals surface area contributed by atoms with E-state index in [1.54, 1.807) is 12.1 Å². The fourth-order valence-electron chi connectivity index (χ4n) is 2.16. The van der Waals surface area contributed by atoms with Crippen LogP contribution in [0.1, 0.15) is 25.3 Å². The SMILES string of the molecule is CC(C)c1ccc(-c2csc(Nc3ccc(F)cc3)n2)cc1. The van der Waals surface area contributed by atoms with Gasteiger partial charge in [0.25, 0.3) is 0 Å². The maximum atomic E-state index is 12.9. The molecular weight excluding hydrogens is 295 g/mol. The van der Waals surface area contributed by atoms with E-state index in [0.29, 0.717) is 5.92 Å². The number of benzene rings is 2. The Kier molecular flexibility index (Phi) is 4.20. The summed E-state index contributed by atoms with van der Waals surface area (Å²) in [5.74, 6) is 0.288. The average molecular weight is 312 g/mol. The number of nitrogens with zero attached hydrogens (tertiary/aromatic N) is 1. The van der Waals surface area contributed by atoms with Crippen molar-refractivity contribution in [3.63, 3.8) is 0 Å². The average Bonchev–Trinajstić information content (AvgIpc) is 2.98. The molecule has 112 valence electrons. The molecule has 0 saturated heterocycles. The fraction of sp³-hybridized carbons (Fsp3) is 0.167. The van der Waals surface area contributed by atoms with E-state index in [1.807, 2.05) is 5.38 Å². The number of thiazole rings is 1. The Morgan fingerprint density at radius 3 is 2.32 bits per heavy atom. The quantitative estimate of drug-likeness (QED) is 0.657. The summed E-state index contributed by atoms with van der Waals surface area (Å²) >= 11 is 1.54. The van der Waals surface area contributed by atoms with E-state index in [1.165, 1.54) is 29.0 Å². The van der Waals surface area contributed by atoms with E-state index in [4.69, 9.17) is 0 Å². The van der Waals surface area contributed by atoms with Crippen LogP contribution >= 0.6 is 11.3 Å². The third-order valence-corrected chi connectivity index (χ3v) is 4.23. The summed E-state index contributed by atoms with van der Waals surface area (Å²) < 4.78 is 12.9. The Labute approximate surface area is 133 Å². The van der Waals surface area contributed by atoms with Crippen molar-refractivity contribution in [2.75, 3.05) is 5.32 Å². The summed E-state index contributed by atoms with van der Waals surface area (Å²) in [6.45, 7) is 4.37. The van der Waals surface area contributed by atoms with Gasteiger partial charge in [0.2, 0.25) is 0 Å². The zero-order valence-corrected chi connectivity index (χ0v) is 13.3. The van der Waals surface area contributed by atoms with Gasteiger partial charge in [-0.2, -0.15) is 0 Å². The Morgan fingerprint density at radius 2 is 1.68 bits per heavy atom. The van der Waals surface area contributed by atoms with Gasteiger partial charge in [-0.1, -0.05) is 38.1 Å². The van der Waals surface area contributed by atoms with E-state index in [2.05, 4.69) is 48.4 Å². The van der Waals surface area contributed by atoms with Gasteiger partial charge in [-0.05, 0) is 35.7 Å². The highest BCUT2D eigenvalue weighted by Crippen LogP contribution is 2.28. The second kappa shape index (κ2) is 6.28. The third kappa shape index (κ3) is 3.34. The van der Waals surface area contributed by atoms with E-state index in [0.717, 1.165) is 22.1 Å². The van der Waals surface area contributed by atoms with Crippen molar-refractivity contribution in [3.8, 4) is 11.3 Å². The van der Waals surface area contributed by atoms with Crippen LogP contribution in [0.25, 0.3) is 11.3 Å². The Hall–Kier alpha value is -2.20. The molecule has 0 fully saturated rings. The first-order valence-electron chi connectivity index (χ1n) is 7.20. The summed E-state index contributed by atoms with van der Waals surface area (Å²) in [5, 5.41) is 6.02. The predicted molar refractivity (Wildman–Crippen MR) is 91.3 cm³/mol. The third-order valence-electron chi connectivity index (χ3n) is 3.47. The van der Waals surface area contributed by atoms with Gasteiger partial charge in [0.1, 0.15) is 5.82 Å². The first kappa shape index (κ1) is 14.7. The maximum absolute atomic E-state index is 12.9. The normalized spacial score (nSPS) is 10.9. The minimum absolute atomic E-state index is 0.240. The van der Waals surface area contributed by atoms with E-state index in [9.17, 15) is 4.39 Å². The van der Waals surface area contributed by atoms with Gasteiger partial charge in [0, 0.05) is 16.6 Å². The van der Waals surface area contributed by atoms with Gasteiger partial charge < -0.3 is 5.32 Å². The van der Waals surface area contributed by atoms with Gasteiger partial charge >= 0.3 is 0 Å². The van der Waals surface area contributed by atoms with Crippen molar-refractivity contribution in [1.82, 2.24) is 4.98 Å². The van der Waals surface area contributed by atoms with E-state index >= 15 is 0 Å². The van der Waals surface area contributed by atoms with Gasteiger partial charge in [0.15, 0.2) is 5.13 Å². The molecule has 0 aliphatic rings. The zero-order chi connectivity index (χ0) is 15.5. The van der Waals surface area contributed by atoms with Crippen LogP contribution < -0.4 is 5.32 Å². The highest BCUT2D eigenvalue weighted by Gasteiger charge is 2.06. The number of aromatic nitrogens is 1. The Bertz CT molecular complexity index is 746. The fourth-order valence-corrected chi connectivity index (χ4v) is 2.90. The van der Waals surface area contributed by atoms with Crippen LogP contribution in [0, 0.1) is 5.82 Å². The topological polar surface area (TPSA) is 24.9 Å². The Morgan fingerprint density at radius 1 is 1.00 bits per heavy atom. The zero-order valence-electron chi connectivity index (χ0n) is 12.5. The summed E-state index contributed by atoms with van der Waals surface area (Å²) in [6, 6.07) is 14.8. The summed E-state index contributed by atoms with van der Waals surface area (Å²) in [6.07, 6.45) is 0. The molecule has 0 spiro atoms. The van der Waals surface area contributed by atoms with Crippen LogP contribution in [0.2, 0.25) is 0 Å². The molecule has 22 heavy (non-hydrogen) atoms. The molecule has 0 unspecified atom stereocenters. The molecule has 0 aliphatic carbocycles. The summed E-state index contributed by atoms with van der Waals surface area (Å²) in [5.41, 5.74) is 4.21. The molecule has 3 aromatic rings. The predicted octanol–water partition coefficient (Wildman–Crippen LogP) is 5.82. The molecule has 2 nitrogen and oxygen atoms in total. The lowest BCUT2D eigenvalue weighted by molar-refractivity contribution is 0.628. The number of rotatable bonds is 4. The largest absolute Gasteiger partial charge is 0.332 e. The molecule has 0 radical (unpaired) electrons. The van der Waals surface area contributed by atoms with Crippen LogP contribution in [0.3, 0.4) is 0 Å². The van der Waals surface area contributed by atoms with Crippen molar-refractivity contribution < 1.29 is 4.39 Å². The molecule has 0 bridgehead atoms. The van der Waals surface area contributed by atoms with Crippen molar-refractivity contribution in [2.45, 2.75) is 19.8 Å². The van der Waals surface area contributed by atoms with Gasteiger partial charge in [-0.15, -0.1) is 11.3 Å². The van der Waals surface area contributed by atoms with E-state index < -0.39 is 0 Å². The van der Waals surface area contributed by atoms with Crippen molar-refractivity contribution in [3.05, 3.63) is 65.3 Å². The van der Waals surface area contributed by atoms with Crippen LogP contribution in [0.5, 0.6) is 0 Å². The van der Waals surface area contributed by atoms with Gasteiger partial charge in [0.05, 0.1) is 5.69 Å². The standard InChI is InChI=1S/C18H17FN2S/c1-12(2)13-3-5-14(6-4-13)17-11-22-18(21-17)20-16-9-7-15(19)8-10-16/h3-12H,1-2H3,(H,20,21). The smallest absolute Gasteiger partial charge is 0.187 e. The number of hydrogen-bond donors (Lipinski definition) is 1. The van der Waals surface area contributed by atoms with Gasteiger partial charge in [-0.25, -0.2) is 9.37 Å². The number of nitrogens with one attached hydrogen (secondary N) is 1. The highest BCUT2D eigenvalue weighted by molar-refractivity contribution is 7.14. The van der Waals surface area contributed by atoms with Crippen molar-refractivity contribution in [1.29, 1.82) is 0 Å². The molecule has 0 amide bonds. The molecule has 3 rings (SSSR count). The number of halogens is 1. The molecule has 4 heteroatoms. The number of anilines is 2. The highest BCUT2D eigenvalue weighted by atomic mass is 32.1. The van der Waals surface area contributed by atoms with Crippen LogP contribution in [0.4, 0.5) is 15.2 Å².